The number of nitrogens with zero attached hydrogens (tertiary/aromatic N) is 1. The summed E-state index contributed by atoms with van der Waals surface area (Å²) in [5.74, 6) is 1.67. The van der Waals surface area contributed by atoms with E-state index in [4.69, 9.17) is 28.9 Å². The molecule has 0 spiro atoms. The summed E-state index contributed by atoms with van der Waals surface area (Å²) in [5.41, 5.74) is 7.13. The van der Waals surface area contributed by atoms with Crippen molar-refractivity contribution >= 4 is 23.2 Å². The second-order valence-electron chi connectivity index (χ2n) is 5.78. The predicted molar refractivity (Wildman–Crippen MR) is 80.9 cm³/mol. The molecular formula is C15H20Cl2N2. The summed E-state index contributed by atoms with van der Waals surface area (Å²) in [5, 5.41) is 1.53. The quantitative estimate of drug-likeness (QED) is 0.927. The van der Waals surface area contributed by atoms with E-state index in [1.165, 1.54) is 25.9 Å². The van der Waals surface area contributed by atoms with Crippen molar-refractivity contribution in [1.29, 1.82) is 0 Å². The lowest BCUT2D eigenvalue weighted by Gasteiger charge is -2.48. The maximum absolute atomic E-state index is 6.37. The molecule has 3 saturated heterocycles. The van der Waals surface area contributed by atoms with Crippen LogP contribution in [0, 0.1) is 11.8 Å². The van der Waals surface area contributed by atoms with Gasteiger partial charge in [0.1, 0.15) is 0 Å². The molecule has 3 aliphatic heterocycles. The third-order valence-electron chi connectivity index (χ3n) is 4.85. The summed E-state index contributed by atoms with van der Waals surface area (Å²) in [4.78, 5) is 2.55. The average Bonchev–Trinajstić information content (AvgIpc) is 2.44. The molecule has 3 fully saturated rings. The highest BCUT2D eigenvalue weighted by Gasteiger charge is 2.39. The zero-order valence-electron chi connectivity index (χ0n) is 11.0. The SMILES string of the molecule is NCC(c1c(Cl)cccc1Cl)C1CN2CCC1CC2. The van der Waals surface area contributed by atoms with Crippen LogP contribution in [0.5, 0.6) is 0 Å². The van der Waals surface area contributed by atoms with Crippen LogP contribution < -0.4 is 5.73 Å². The third-order valence-corrected chi connectivity index (χ3v) is 5.51. The van der Waals surface area contributed by atoms with Crippen molar-refractivity contribution in [3.63, 3.8) is 0 Å². The number of benzene rings is 1. The molecule has 2 bridgehead atoms. The highest BCUT2D eigenvalue weighted by molar-refractivity contribution is 6.36. The van der Waals surface area contributed by atoms with Gasteiger partial charge < -0.3 is 10.6 Å². The molecule has 4 heteroatoms. The van der Waals surface area contributed by atoms with Gasteiger partial charge in [-0.1, -0.05) is 29.3 Å². The molecule has 0 aromatic heterocycles. The van der Waals surface area contributed by atoms with Crippen molar-refractivity contribution in [2.24, 2.45) is 17.6 Å². The summed E-state index contributed by atoms with van der Waals surface area (Å²) in [6.07, 6.45) is 2.59. The molecule has 0 saturated carbocycles. The minimum Gasteiger partial charge on any atom is -0.330 e. The van der Waals surface area contributed by atoms with Gasteiger partial charge in [0.25, 0.3) is 0 Å². The van der Waals surface area contributed by atoms with E-state index in [0.717, 1.165) is 28.1 Å². The lowest BCUT2D eigenvalue weighted by molar-refractivity contribution is 0.0379. The fourth-order valence-electron chi connectivity index (χ4n) is 3.84. The zero-order chi connectivity index (χ0) is 13.4. The lowest BCUT2D eigenvalue weighted by Crippen LogP contribution is -2.50. The number of fused-ring (bicyclic) bond motifs is 3. The van der Waals surface area contributed by atoms with E-state index in [2.05, 4.69) is 4.90 Å². The Morgan fingerprint density at radius 3 is 2.32 bits per heavy atom. The first-order valence-corrected chi connectivity index (χ1v) is 7.82. The Kier molecular flexibility index (Phi) is 4.04. The Morgan fingerprint density at radius 1 is 1.21 bits per heavy atom. The molecule has 2 nitrogen and oxygen atoms in total. The van der Waals surface area contributed by atoms with Crippen molar-refractivity contribution in [3.8, 4) is 0 Å². The van der Waals surface area contributed by atoms with Crippen LogP contribution in [-0.2, 0) is 0 Å². The van der Waals surface area contributed by atoms with Gasteiger partial charge in [0.05, 0.1) is 0 Å². The largest absolute Gasteiger partial charge is 0.330 e. The number of piperidine rings is 3. The van der Waals surface area contributed by atoms with E-state index in [0.29, 0.717) is 12.5 Å². The van der Waals surface area contributed by atoms with E-state index in [-0.39, 0.29) is 5.92 Å². The van der Waals surface area contributed by atoms with Crippen LogP contribution in [0.1, 0.15) is 24.3 Å². The Bertz CT molecular complexity index is 435. The van der Waals surface area contributed by atoms with Crippen molar-refractivity contribution in [1.82, 2.24) is 4.90 Å². The Hall–Kier alpha value is -0.280. The van der Waals surface area contributed by atoms with Gasteiger partial charge >= 0.3 is 0 Å². The van der Waals surface area contributed by atoms with Gasteiger partial charge in [0.2, 0.25) is 0 Å². The van der Waals surface area contributed by atoms with Crippen LogP contribution in [0.2, 0.25) is 10.0 Å². The van der Waals surface area contributed by atoms with Crippen LogP contribution in [0.4, 0.5) is 0 Å². The van der Waals surface area contributed by atoms with Gasteiger partial charge in [-0.2, -0.15) is 0 Å². The van der Waals surface area contributed by atoms with Crippen molar-refractivity contribution in [2.45, 2.75) is 18.8 Å². The lowest BCUT2D eigenvalue weighted by atomic mass is 9.70. The Morgan fingerprint density at radius 2 is 1.84 bits per heavy atom. The number of nitrogens with two attached hydrogens (primary N) is 1. The summed E-state index contributed by atoms with van der Waals surface area (Å²) < 4.78 is 0. The van der Waals surface area contributed by atoms with Crippen molar-refractivity contribution in [2.75, 3.05) is 26.2 Å². The molecule has 2 unspecified atom stereocenters. The monoisotopic (exact) mass is 298 g/mol. The molecule has 2 N–H and O–H groups in total. The molecule has 1 aromatic carbocycles. The molecule has 2 atom stereocenters. The van der Waals surface area contributed by atoms with Gasteiger partial charge in [-0.25, -0.2) is 0 Å². The van der Waals surface area contributed by atoms with Crippen LogP contribution in [0.15, 0.2) is 18.2 Å². The van der Waals surface area contributed by atoms with Crippen molar-refractivity contribution < 1.29 is 0 Å². The molecule has 1 aromatic rings. The molecular weight excluding hydrogens is 279 g/mol. The summed E-state index contributed by atoms with van der Waals surface area (Å²) in [6, 6.07) is 5.75. The second-order valence-corrected chi connectivity index (χ2v) is 6.59. The number of halogens is 2. The minimum absolute atomic E-state index is 0.286. The highest BCUT2D eigenvalue weighted by atomic mass is 35.5. The standard InChI is InChI=1S/C15H20Cl2N2/c16-13-2-1-3-14(17)15(13)11(8-18)12-9-19-6-4-10(12)5-7-19/h1-3,10-12H,4-9,18H2. The van der Waals surface area contributed by atoms with E-state index >= 15 is 0 Å². The van der Waals surface area contributed by atoms with Crippen LogP contribution >= 0.6 is 23.2 Å². The van der Waals surface area contributed by atoms with Crippen molar-refractivity contribution in [3.05, 3.63) is 33.8 Å². The third kappa shape index (κ3) is 2.52. The first-order valence-electron chi connectivity index (χ1n) is 7.07. The second kappa shape index (κ2) is 5.61. The molecule has 4 rings (SSSR count). The molecule has 3 heterocycles. The molecule has 19 heavy (non-hydrogen) atoms. The van der Waals surface area contributed by atoms with Gasteiger partial charge in [0, 0.05) is 22.5 Å². The zero-order valence-corrected chi connectivity index (χ0v) is 12.5. The fourth-order valence-corrected chi connectivity index (χ4v) is 4.52. The first-order chi connectivity index (χ1) is 9.20. The first kappa shape index (κ1) is 13.7. The smallest absolute Gasteiger partial charge is 0.0456 e. The van der Waals surface area contributed by atoms with Crippen LogP contribution in [0.25, 0.3) is 0 Å². The fraction of sp³-hybridized carbons (Fsp3) is 0.600. The maximum atomic E-state index is 6.37. The molecule has 0 amide bonds. The number of hydrogen-bond donors (Lipinski definition) is 1. The average molecular weight is 299 g/mol. The number of rotatable bonds is 3. The van der Waals surface area contributed by atoms with Crippen LogP contribution in [0.3, 0.4) is 0 Å². The van der Waals surface area contributed by atoms with Gasteiger partial charge in [0.15, 0.2) is 0 Å². The van der Waals surface area contributed by atoms with E-state index in [1.807, 2.05) is 18.2 Å². The Balaban J connectivity index is 1.92. The van der Waals surface area contributed by atoms with Gasteiger partial charge in [-0.15, -0.1) is 0 Å². The van der Waals surface area contributed by atoms with Crippen LogP contribution in [-0.4, -0.2) is 31.1 Å². The highest BCUT2D eigenvalue weighted by Crippen LogP contribution is 2.44. The van der Waals surface area contributed by atoms with E-state index in [1.54, 1.807) is 0 Å². The molecule has 104 valence electrons. The summed E-state index contributed by atoms with van der Waals surface area (Å²) in [7, 11) is 0. The summed E-state index contributed by atoms with van der Waals surface area (Å²) in [6.45, 7) is 4.26. The molecule has 0 radical (unpaired) electrons. The topological polar surface area (TPSA) is 29.3 Å². The van der Waals surface area contributed by atoms with E-state index in [9.17, 15) is 0 Å². The predicted octanol–water partition coefficient (Wildman–Crippen LogP) is 3.38. The van der Waals surface area contributed by atoms with Gasteiger partial charge in [-0.05, 0) is 62.0 Å². The molecule has 3 aliphatic rings. The normalized spacial score (nSPS) is 31.4. The van der Waals surface area contributed by atoms with E-state index < -0.39 is 0 Å². The van der Waals surface area contributed by atoms with Gasteiger partial charge in [-0.3, -0.25) is 0 Å². The Labute approximate surface area is 124 Å². The summed E-state index contributed by atoms with van der Waals surface area (Å²) >= 11 is 12.7. The number of hydrogen-bond acceptors (Lipinski definition) is 2. The molecule has 0 aliphatic carbocycles. The maximum Gasteiger partial charge on any atom is 0.0456 e. The minimum atomic E-state index is 0.286.